The zero-order valence-corrected chi connectivity index (χ0v) is 12.2. The van der Waals surface area contributed by atoms with Gasteiger partial charge in [-0.2, -0.15) is 0 Å². The summed E-state index contributed by atoms with van der Waals surface area (Å²) < 4.78 is 0. The van der Waals surface area contributed by atoms with Crippen LogP contribution in [0.2, 0.25) is 5.02 Å². The molecule has 0 aliphatic rings. The van der Waals surface area contributed by atoms with E-state index < -0.39 is 0 Å². The van der Waals surface area contributed by atoms with Crippen molar-refractivity contribution in [3.8, 4) is 0 Å². The van der Waals surface area contributed by atoms with Crippen LogP contribution in [0.3, 0.4) is 0 Å². The largest absolute Gasteiger partial charge is 0.355 e. The first-order valence-electron chi connectivity index (χ1n) is 6.24. The lowest BCUT2D eigenvalue weighted by atomic mass is 10.2. The van der Waals surface area contributed by atoms with E-state index in [-0.39, 0.29) is 5.91 Å². The molecule has 0 aromatic carbocycles. The van der Waals surface area contributed by atoms with Crippen LogP contribution in [0.5, 0.6) is 0 Å². The summed E-state index contributed by atoms with van der Waals surface area (Å²) in [6.07, 6.45) is 6.34. The van der Waals surface area contributed by atoms with Gasteiger partial charge < -0.3 is 5.32 Å². The molecule has 18 heavy (non-hydrogen) atoms. The molecule has 0 atom stereocenters. The maximum Gasteiger partial charge on any atom is 0.230 e. The molecule has 1 N–H and O–H groups in total. The Balaban J connectivity index is 2.15. The van der Waals surface area contributed by atoms with Gasteiger partial charge in [-0.25, -0.2) is 4.98 Å². The highest BCUT2D eigenvalue weighted by Gasteiger charge is 2.05. The van der Waals surface area contributed by atoms with Gasteiger partial charge in [-0.15, -0.1) is 0 Å². The number of thioether (sulfide) groups is 1. The molecule has 0 unspecified atom stereocenters. The molecule has 3 nitrogen and oxygen atoms in total. The van der Waals surface area contributed by atoms with Gasteiger partial charge in [0.15, 0.2) is 0 Å². The fourth-order valence-corrected chi connectivity index (χ4v) is 2.44. The van der Waals surface area contributed by atoms with Crippen molar-refractivity contribution in [2.24, 2.45) is 0 Å². The molecule has 1 aromatic rings. The molecule has 0 radical (unpaired) electrons. The Bertz CT molecular complexity index is 374. The van der Waals surface area contributed by atoms with E-state index in [1.54, 1.807) is 18.3 Å². The molecule has 0 bridgehead atoms. The molecule has 0 aliphatic carbocycles. The Morgan fingerprint density at radius 2 is 2.28 bits per heavy atom. The Labute approximate surface area is 118 Å². The number of aromatic nitrogens is 1. The number of rotatable bonds is 8. The molecule has 0 spiro atoms. The monoisotopic (exact) mass is 286 g/mol. The number of carbonyl (C=O) groups excluding carboxylic acids is 1. The number of amides is 1. The lowest BCUT2D eigenvalue weighted by Gasteiger charge is -2.05. The summed E-state index contributed by atoms with van der Waals surface area (Å²) >= 11 is 7.32. The average molecular weight is 287 g/mol. The molecule has 1 heterocycles. The highest BCUT2D eigenvalue weighted by atomic mass is 35.5. The molecule has 5 heteroatoms. The van der Waals surface area contributed by atoms with Crippen LogP contribution < -0.4 is 5.32 Å². The topological polar surface area (TPSA) is 42.0 Å². The minimum atomic E-state index is 0.0400. The zero-order chi connectivity index (χ0) is 13.2. The van der Waals surface area contributed by atoms with Gasteiger partial charge in [0, 0.05) is 12.7 Å². The predicted molar refractivity (Wildman–Crippen MR) is 77.1 cm³/mol. The fourth-order valence-electron chi connectivity index (χ4n) is 1.44. The molecule has 1 aromatic heterocycles. The normalized spacial score (nSPS) is 10.3. The first-order chi connectivity index (χ1) is 8.74. The first-order valence-corrected chi connectivity index (χ1v) is 7.60. The van der Waals surface area contributed by atoms with Crippen molar-refractivity contribution in [3.05, 3.63) is 23.4 Å². The van der Waals surface area contributed by atoms with E-state index >= 15 is 0 Å². The number of pyridine rings is 1. The standard InChI is InChI=1S/C13H19ClN2OS/c1-2-3-4-5-8-15-12(17)10-18-13-11(14)7-6-9-16-13/h6-7,9H,2-5,8,10H2,1H3,(H,15,17). The van der Waals surface area contributed by atoms with E-state index in [1.165, 1.54) is 31.0 Å². The quantitative estimate of drug-likeness (QED) is 0.587. The third-order valence-electron chi connectivity index (χ3n) is 2.42. The molecular formula is C13H19ClN2OS. The predicted octanol–water partition coefficient (Wildman–Crippen LogP) is 3.52. The summed E-state index contributed by atoms with van der Waals surface area (Å²) in [5.74, 6) is 0.406. The van der Waals surface area contributed by atoms with Crippen molar-refractivity contribution in [2.45, 2.75) is 37.6 Å². The van der Waals surface area contributed by atoms with E-state index in [0.29, 0.717) is 15.8 Å². The highest BCUT2D eigenvalue weighted by Crippen LogP contribution is 2.23. The Kier molecular flexibility index (Phi) is 7.85. The van der Waals surface area contributed by atoms with Gasteiger partial charge in [-0.3, -0.25) is 4.79 Å². The van der Waals surface area contributed by atoms with Gasteiger partial charge >= 0.3 is 0 Å². The number of hydrogen-bond acceptors (Lipinski definition) is 3. The number of carbonyl (C=O) groups is 1. The smallest absolute Gasteiger partial charge is 0.230 e. The van der Waals surface area contributed by atoms with Gasteiger partial charge in [0.25, 0.3) is 0 Å². The van der Waals surface area contributed by atoms with Crippen LogP contribution in [0.4, 0.5) is 0 Å². The first kappa shape index (κ1) is 15.3. The van der Waals surface area contributed by atoms with Crippen molar-refractivity contribution >= 4 is 29.3 Å². The van der Waals surface area contributed by atoms with E-state index in [1.807, 2.05) is 0 Å². The summed E-state index contributed by atoms with van der Waals surface area (Å²) in [6.45, 7) is 2.93. The lowest BCUT2D eigenvalue weighted by molar-refractivity contribution is -0.118. The summed E-state index contributed by atoms with van der Waals surface area (Å²) in [6, 6.07) is 3.56. The zero-order valence-electron chi connectivity index (χ0n) is 10.6. The second kappa shape index (κ2) is 9.22. The minimum Gasteiger partial charge on any atom is -0.355 e. The Morgan fingerprint density at radius 1 is 1.44 bits per heavy atom. The molecule has 100 valence electrons. The fraction of sp³-hybridized carbons (Fsp3) is 0.538. The molecule has 1 rings (SSSR count). The van der Waals surface area contributed by atoms with E-state index in [0.717, 1.165) is 13.0 Å². The minimum absolute atomic E-state index is 0.0400. The molecule has 0 saturated carbocycles. The van der Waals surface area contributed by atoms with Gasteiger partial charge in [-0.1, -0.05) is 49.5 Å². The summed E-state index contributed by atoms with van der Waals surface area (Å²) in [4.78, 5) is 15.7. The third-order valence-corrected chi connectivity index (χ3v) is 3.84. The summed E-state index contributed by atoms with van der Waals surface area (Å²) in [5.41, 5.74) is 0. The molecule has 0 aliphatic heterocycles. The van der Waals surface area contributed by atoms with Gasteiger partial charge in [-0.05, 0) is 18.6 Å². The number of halogens is 1. The van der Waals surface area contributed by atoms with Crippen LogP contribution in [-0.2, 0) is 4.79 Å². The maximum absolute atomic E-state index is 11.6. The number of nitrogens with zero attached hydrogens (tertiary/aromatic N) is 1. The van der Waals surface area contributed by atoms with E-state index in [2.05, 4.69) is 17.2 Å². The van der Waals surface area contributed by atoms with Crippen molar-refractivity contribution in [1.82, 2.24) is 10.3 Å². The van der Waals surface area contributed by atoms with E-state index in [4.69, 9.17) is 11.6 Å². The molecule has 0 fully saturated rings. The lowest BCUT2D eigenvalue weighted by Crippen LogP contribution is -2.26. The SMILES string of the molecule is CCCCCCNC(=O)CSc1ncccc1Cl. The second-order valence-electron chi connectivity index (χ2n) is 3.99. The Morgan fingerprint density at radius 3 is 3.00 bits per heavy atom. The van der Waals surface area contributed by atoms with Crippen molar-refractivity contribution in [3.63, 3.8) is 0 Å². The van der Waals surface area contributed by atoms with Crippen LogP contribution >= 0.6 is 23.4 Å². The van der Waals surface area contributed by atoms with E-state index in [9.17, 15) is 4.79 Å². The van der Waals surface area contributed by atoms with Crippen LogP contribution in [0.25, 0.3) is 0 Å². The van der Waals surface area contributed by atoms with Gasteiger partial charge in [0.05, 0.1) is 10.8 Å². The number of hydrogen-bond donors (Lipinski definition) is 1. The van der Waals surface area contributed by atoms with Gasteiger partial charge in [0.1, 0.15) is 5.03 Å². The van der Waals surface area contributed by atoms with Crippen molar-refractivity contribution in [1.29, 1.82) is 0 Å². The van der Waals surface area contributed by atoms with Crippen molar-refractivity contribution < 1.29 is 4.79 Å². The summed E-state index contributed by atoms with van der Waals surface area (Å²) in [7, 11) is 0. The van der Waals surface area contributed by atoms with Crippen molar-refractivity contribution in [2.75, 3.05) is 12.3 Å². The molecule has 1 amide bonds. The number of unbranched alkanes of at least 4 members (excludes halogenated alkanes) is 3. The maximum atomic E-state index is 11.6. The highest BCUT2D eigenvalue weighted by molar-refractivity contribution is 8.00. The third kappa shape index (κ3) is 6.26. The van der Waals surface area contributed by atoms with Crippen LogP contribution in [0.15, 0.2) is 23.4 Å². The second-order valence-corrected chi connectivity index (χ2v) is 5.36. The van der Waals surface area contributed by atoms with Crippen LogP contribution in [0.1, 0.15) is 32.6 Å². The van der Waals surface area contributed by atoms with Gasteiger partial charge in [0.2, 0.25) is 5.91 Å². The Hall–Kier alpha value is -0.740. The molecule has 0 saturated heterocycles. The number of nitrogens with one attached hydrogen (secondary N) is 1. The van der Waals surface area contributed by atoms with Crippen LogP contribution in [0, 0.1) is 0 Å². The van der Waals surface area contributed by atoms with Crippen LogP contribution in [-0.4, -0.2) is 23.2 Å². The molecular weight excluding hydrogens is 268 g/mol. The average Bonchev–Trinajstić information content (AvgIpc) is 2.37. The summed E-state index contributed by atoms with van der Waals surface area (Å²) in [5, 5.41) is 4.20.